The van der Waals surface area contributed by atoms with Crippen LogP contribution in [-0.4, -0.2) is 37.1 Å². The normalized spacial score (nSPS) is 10.9. The zero-order valence-electron chi connectivity index (χ0n) is 15.3. The lowest BCUT2D eigenvalue weighted by Gasteiger charge is -2.06. The second-order valence-electron chi connectivity index (χ2n) is 5.50. The number of unbranched alkanes of at least 4 members (excludes halogenated alkanes) is 5. The summed E-state index contributed by atoms with van der Waals surface area (Å²) in [5.74, 6) is 0.656. The molecule has 0 unspecified atom stereocenters. The standard InChI is InChI=1S/C8H12N2O2.C8H18O4S/c1-3-12-8(11)6-7-9-4-5-10(7)2;1-2-3-4-5-6-7-8-12-13(9,10)11/h4-5H,3,6H2,1-2H3;2-8H2,1H3,(H,9,10,11). The first kappa shape index (κ1) is 23.5. The first-order valence-electron chi connectivity index (χ1n) is 8.57. The van der Waals surface area contributed by atoms with Gasteiger partial charge in [0.05, 0.1) is 20.3 Å². The van der Waals surface area contributed by atoms with Crippen molar-refractivity contribution in [1.82, 2.24) is 4.98 Å². The van der Waals surface area contributed by atoms with E-state index in [-0.39, 0.29) is 12.6 Å². The van der Waals surface area contributed by atoms with Gasteiger partial charge in [-0.1, -0.05) is 39.0 Å². The van der Waals surface area contributed by atoms with Crippen LogP contribution < -0.4 is 4.57 Å². The monoisotopic (exact) mass is 378 g/mol. The van der Waals surface area contributed by atoms with Gasteiger partial charge in [-0.3, -0.25) is 8.98 Å². The second-order valence-corrected chi connectivity index (χ2v) is 6.55. The fraction of sp³-hybridized carbons (Fsp3) is 0.750. The molecule has 1 aromatic rings. The SMILES string of the molecule is CCCCCCCCOS(=O)(=O)[O-].CCOC(=O)Cc1[nH]cc[n+]1C. The van der Waals surface area contributed by atoms with Crippen molar-refractivity contribution in [1.29, 1.82) is 0 Å². The molecule has 1 aromatic heterocycles. The van der Waals surface area contributed by atoms with E-state index in [0.29, 0.717) is 19.4 Å². The molecular weight excluding hydrogens is 348 g/mol. The van der Waals surface area contributed by atoms with E-state index in [4.69, 9.17) is 4.74 Å². The number of nitrogens with zero attached hydrogens (tertiary/aromatic N) is 1. The minimum Gasteiger partial charge on any atom is -0.726 e. The molecule has 0 fully saturated rings. The molecule has 0 saturated heterocycles. The lowest BCUT2D eigenvalue weighted by atomic mass is 10.1. The highest BCUT2D eigenvalue weighted by Crippen LogP contribution is 2.05. The summed E-state index contributed by atoms with van der Waals surface area (Å²) in [4.78, 5) is 14.0. The van der Waals surface area contributed by atoms with Crippen LogP contribution in [0.4, 0.5) is 0 Å². The van der Waals surface area contributed by atoms with Crippen molar-refractivity contribution in [2.45, 2.75) is 58.8 Å². The number of hydrogen-bond donors (Lipinski definition) is 1. The Hall–Kier alpha value is -1.45. The largest absolute Gasteiger partial charge is 0.726 e. The highest BCUT2D eigenvalue weighted by Gasteiger charge is 2.12. The number of nitrogens with one attached hydrogen (secondary N) is 1. The van der Waals surface area contributed by atoms with Gasteiger partial charge in [0, 0.05) is 0 Å². The van der Waals surface area contributed by atoms with Gasteiger partial charge in [-0.2, -0.15) is 0 Å². The van der Waals surface area contributed by atoms with Gasteiger partial charge in [-0.15, -0.1) is 0 Å². The Kier molecular flexibility index (Phi) is 13.0. The summed E-state index contributed by atoms with van der Waals surface area (Å²) >= 11 is 0. The summed E-state index contributed by atoms with van der Waals surface area (Å²) in [6, 6.07) is 0. The van der Waals surface area contributed by atoms with Gasteiger partial charge in [0.1, 0.15) is 18.8 Å². The number of aromatic nitrogens is 2. The minimum atomic E-state index is -4.47. The molecule has 146 valence electrons. The summed E-state index contributed by atoms with van der Waals surface area (Å²) in [6.45, 7) is 4.39. The van der Waals surface area contributed by atoms with E-state index < -0.39 is 10.4 Å². The molecule has 0 aliphatic heterocycles. The first-order valence-corrected chi connectivity index (χ1v) is 9.91. The molecule has 0 bridgehead atoms. The Balaban J connectivity index is 0.000000462. The van der Waals surface area contributed by atoms with E-state index in [2.05, 4.69) is 16.1 Å². The van der Waals surface area contributed by atoms with Gasteiger partial charge in [0.25, 0.3) is 5.82 Å². The Labute approximate surface area is 150 Å². The second kappa shape index (κ2) is 13.8. The summed E-state index contributed by atoms with van der Waals surface area (Å²) in [6.07, 6.45) is 10.2. The van der Waals surface area contributed by atoms with Crippen LogP contribution in [0.1, 0.15) is 58.2 Å². The molecule has 0 amide bonds. The molecule has 9 heteroatoms. The molecule has 25 heavy (non-hydrogen) atoms. The van der Waals surface area contributed by atoms with E-state index in [1.54, 1.807) is 13.1 Å². The van der Waals surface area contributed by atoms with Crippen LogP contribution in [0.2, 0.25) is 0 Å². The van der Waals surface area contributed by atoms with Crippen molar-refractivity contribution in [3.8, 4) is 0 Å². The Morgan fingerprint density at radius 1 is 1.20 bits per heavy atom. The number of ether oxygens (including phenoxy) is 1. The third-order valence-corrected chi connectivity index (χ3v) is 3.77. The number of aromatic amines is 1. The molecule has 0 saturated carbocycles. The Bertz CT molecular complexity index is 571. The highest BCUT2D eigenvalue weighted by atomic mass is 32.3. The van der Waals surface area contributed by atoms with E-state index in [0.717, 1.165) is 18.7 Å². The predicted octanol–water partition coefficient (Wildman–Crippen LogP) is 1.77. The van der Waals surface area contributed by atoms with Crippen LogP contribution in [0.25, 0.3) is 0 Å². The van der Waals surface area contributed by atoms with Gasteiger partial charge < -0.3 is 9.29 Å². The first-order chi connectivity index (χ1) is 11.8. The number of carbonyl (C=O) groups is 1. The van der Waals surface area contributed by atoms with E-state index in [1.807, 2.05) is 17.8 Å². The molecule has 0 atom stereocenters. The molecule has 0 aliphatic rings. The average Bonchev–Trinajstić information content (AvgIpc) is 2.91. The zero-order chi connectivity index (χ0) is 19.1. The maximum Gasteiger partial charge on any atom is 0.318 e. The van der Waals surface area contributed by atoms with Crippen molar-refractivity contribution in [3.05, 3.63) is 18.2 Å². The highest BCUT2D eigenvalue weighted by molar-refractivity contribution is 7.80. The molecule has 0 radical (unpaired) electrons. The summed E-state index contributed by atoms with van der Waals surface area (Å²) < 4.78 is 40.7. The maximum atomic E-state index is 11.0. The number of rotatable bonds is 11. The minimum absolute atomic E-state index is 0.0258. The third kappa shape index (κ3) is 14.6. The smallest absolute Gasteiger partial charge is 0.318 e. The van der Waals surface area contributed by atoms with Crippen molar-refractivity contribution in [2.75, 3.05) is 13.2 Å². The topological polar surface area (TPSA) is 112 Å². The van der Waals surface area contributed by atoms with Gasteiger partial charge in [-0.05, 0) is 13.3 Å². The fourth-order valence-electron chi connectivity index (χ4n) is 2.00. The van der Waals surface area contributed by atoms with Crippen LogP contribution in [0, 0.1) is 0 Å². The zero-order valence-corrected chi connectivity index (χ0v) is 16.1. The molecule has 0 aromatic carbocycles. The lowest BCUT2D eigenvalue weighted by molar-refractivity contribution is -0.677. The molecule has 0 aliphatic carbocycles. The van der Waals surface area contributed by atoms with Crippen LogP contribution in [0.3, 0.4) is 0 Å². The number of H-pyrrole nitrogens is 1. The van der Waals surface area contributed by atoms with Crippen molar-refractivity contribution >= 4 is 16.4 Å². The van der Waals surface area contributed by atoms with Gasteiger partial charge >= 0.3 is 5.97 Å². The number of hydrogen-bond acceptors (Lipinski definition) is 6. The maximum absolute atomic E-state index is 11.0. The number of carbonyl (C=O) groups excluding carboxylic acids is 1. The van der Waals surface area contributed by atoms with Gasteiger partial charge in [0.2, 0.25) is 10.4 Å². The van der Waals surface area contributed by atoms with E-state index in [1.165, 1.54) is 19.3 Å². The number of imidazole rings is 1. The predicted molar refractivity (Wildman–Crippen MR) is 91.3 cm³/mol. The van der Waals surface area contributed by atoms with Gasteiger partial charge in [0.15, 0.2) is 0 Å². The number of aryl methyl sites for hydroxylation is 1. The fourth-order valence-corrected chi connectivity index (χ4v) is 2.33. The molecule has 0 spiro atoms. The van der Waals surface area contributed by atoms with E-state index in [9.17, 15) is 17.8 Å². The number of esters is 1. The average molecular weight is 378 g/mol. The molecule has 1 N–H and O–H groups in total. The molecule has 8 nitrogen and oxygen atoms in total. The van der Waals surface area contributed by atoms with Crippen LogP contribution in [-0.2, 0) is 37.6 Å². The molecule has 1 heterocycles. The van der Waals surface area contributed by atoms with E-state index >= 15 is 0 Å². The third-order valence-electron chi connectivity index (χ3n) is 3.32. The molecular formula is C16H30N2O6S. The van der Waals surface area contributed by atoms with Crippen molar-refractivity contribution in [3.63, 3.8) is 0 Å². The van der Waals surface area contributed by atoms with Crippen LogP contribution >= 0.6 is 0 Å². The quantitative estimate of drug-likeness (QED) is 0.206. The Morgan fingerprint density at radius 3 is 2.36 bits per heavy atom. The summed E-state index contributed by atoms with van der Waals surface area (Å²) in [5, 5.41) is 0. The van der Waals surface area contributed by atoms with Crippen molar-refractivity contribution < 1.29 is 31.3 Å². The molecule has 1 rings (SSSR count). The summed E-state index contributed by atoms with van der Waals surface area (Å²) in [7, 11) is -2.59. The van der Waals surface area contributed by atoms with Crippen molar-refractivity contribution in [2.24, 2.45) is 7.05 Å². The van der Waals surface area contributed by atoms with Gasteiger partial charge in [-0.25, -0.2) is 18.0 Å². The Morgan fingerprint density at radius 2 is 1.84 bits per heavy atom. The summed E-state index contributed by atoms with van der Waals surface area (Å²) in [5.41, 5.74) is 0. The van der Waals surface area contributed by atoms with Crippen LogP contribution in [0.5, 0.6) is 0 Å². The lowest BCUT2D eigenvalue weighted by Crippen LogP contribution is -2.32. The van der Waals surface area contributed by atoms with Crippen LogP contribution in [0.15, 0.2) is 12.4 Å².